The van der Waals surface area contributed by atoms with Gasteiger partial charge in [-0.25, -0.2) is 0 Å². The van der Waals surface area contributed by atoms with Crippen molar-refractivity contribution >= 4 is 15.9 Å². The average Bonchev–Trinajstić information content (AvgIpc) is 2.10. The fourth-order valence-corrected chi connectivity index (χ4v) is 1.52. The van der Waals surface area contributed by atoms with Gasteiger partial charge >= 0.3 is 0 Å². The van der Waals surface area contributed by atoms with E-state index in [0.29, 0.717) is 5.75 Å². The highest BCUT2D eigenvalue weighted by molar-refractivity contribution is 9.10. The van der Waals surface area contributed by atoms with E-state index in [9.17, 15) is 5.11 Å². The third kappa shape index (κ3) is 3.42. The normalized spacial score (nSPS) is 10.8. The summed E-state index contributed by atoms with van der Waals surface area (Å²) >= 11 is 3.37. The molecule has 1 rings (SSSR count). The zero-order valence-corrected chi connectivity index (χ0v) is 9.95. The van der Waals surface area contributed by atoms with Crippen LogP contribution in [0.2, 0.25) is 0 Å². The summed E-state index contributed by atoms with van der Waals surface area (Å²) in [6.07, 6.45) is 4.73. The second-order valence-electron chi connectivity index (χ2n) is 3.33. The Morgan fingerprint density at radius 1 is 1.43 bits per heavy atom. The fraction of sp³-hybridized carbons (Fsp3) is 0.273. The molecule has 1 aromatic rings. The molecule has 76 valence electrons. The second-order valence-corrected chi connectivity index (χ2v) is 4.24. The Bertz CT molecular complexity index is 334. The molecule has 0 saturated heterocycles. The van der Waals surface area contributed by atoms with Crippen molar-refractivity contribution in [1.29, 1.82) is 0 Å². The quantitative estimate of drug-likeness (QED) is 0.898. The molecule has 0 aliphatic rings. The van der Waals surface area contributed by atoms with Gasteiger partial charge in [-0.05, 0) is 36.4 Å². The molecule has 0 aliphatic carbocycles. The third-order valence-electron chi connectivity index (χ3n) is 1.78. The third-order valence-corrected chi connectivity index (χ3v) is 2.28. The molecule has 0 amide bonds. The fourth-order valence-electron chi connectivity index (χ4n) is 1.11. The maximum absolute atomic E-state index is 9.53. The van der Waals surface area contributed by atoms with Crippen LogP contribution in [0.5, 0.6) is 5.75 Å². The van der Waals surface area contributed by atoms with Crippen molar-refractivity contribution in [2.45, 2.75) is 6.42 Å². The van der Waals surface area contributed by atoms with Crippen molar-refractivity contribution in [3.63, 3.8) is 0 Å². The number of phenols is 1. The van der Waals surface area contributed by atoms with E-state index in [1.54, 1.807) is 6.07 Å². The summed E-state index contributed by atoms with van der Waals surface area (Å²) in [5.74, 6) is 0.344. The van der Waals surface area contributed by atoms with Gasteiger partial charge in [0.1, 0.15) is 5.75 Å². The molecular formula is C11H14BrNO. The van der Waals surface area contributed by atoms with Crippen LogP contribution in [0.3, 0.4) is 0 Å². The highest BCUT2D eigenvalue weighted by Crippen LogP contribution is 2.22. The lowest BCUT2D eigenvalue weighted by Gasteiger charge is -2.04. The lowest BCUT2D eigenvalue weighted by atomic mass is 10.1. The molecule has 1 aromatic carbocycles. The molecule has 0 heterocycles. The molecule has 0 atom stereocenters. The summed E-state index contributed by atoms with van der Waals surface area (Å²) < 4.78 is 0.989. The lowest BCUT2D eigenvalue weighted by Crippen LogP contribution is -2.00. The monoisotopic (exact) mass is 255 g/mol. The molecule has 2 nitrogen and oxygen atoms in total. The van der Waals surface area contributed by atoms with Crippen LogP contribution in [-0.4, -0.2) is 24.1 Å². The highest BCUT2D eigenvalue weighted by atomic mass is 79.9. The van der Waals surface area contributed by atoms with E-state index in [0.717, 1.165) is 16.5 Å². The van der Waals surface area contributed by atoms with Gasteiger partial charge in [-0.3, -0.25) is 0 Å². The van der Waals surface area contributed by atoms with E-state index in [1.807, 2.05) is 43.4 Å². The standard InChI is InChI=1S/C11H14BrNO/c1-13(2)7-3-4-9-8-10(12)5-6-11(9)14/h3,5-8,14H,4H2,1-2H3/b7-3+. The molecule has 0 saturated carbocycles. The maximum atomic E-state index is 9.53. The number of nitrogens with zero attached hydrogens (tertiary/aromatic N) is 1. The van der Waals surface area contributed by atoms with Crippen molar-refractivity contribution in [3.05, 3.63) is 40.5 Å². The topological polar surface area (TPSA) is 23.5 Å². The first kappa shape index (κ1) is 11.1. The van der Waals surface area contributed by atoms with Gasteiger partial charge in [-0.2, -0.15) is 0 Å². The van der Waals surface area contributed by atoms with Crippen LogP contribution in [0.15, 0.2) is 34.9 Å². The van der Waals surface area contributed by atoms with Gasteiger partial charge in [-0.15, -0.1) is 0 Å². The first-order valence-corrected chi connectivity index (χ1v) is 5.19. The Hall–Kier alpha value is -0.960. The summed E-state index contributed by atoms with van der Waals surface area (Å²) in [5, 5.41) is 9.53. The number of phenolic OH excluding ortho intramolecular Hbond substituents is 1. The minimum absolute atomic E-state index is 0.344. The minimum Gasteiger partial charge on any atom is -0.508 e. The smallest absolute Gasteiger partial charge is 0.119 e. The summed E-state index contributed by atoms with van der Waals surface area (Å²) in [4.78, 5) is 1.97. The zero-order chi connectivity index (χ0) is 10.6. The molecule has 1 N–H and O–H groups in total. The summed E-state index contributed by atoms with van der Waals surface area (Å²) in [6.45, 7) is 0. The lowest BCUT2D eigenvalue weighted by molar-refractivity contribution is 0.469. The SMILES string of the molecule is CN(C)/C=C/Cc1cc(Br)ccc1O. The molecular weight excluding hydrogens is 242 g/mol. The summed E-state index contributed by atoms with van der Waals surface area (Å²) in [7, 11) is 3.94. The van der Waals surface area contributed by atoms with Gasteiger partial charge in [0.05, 0.1) is 0 Å². The zero-order valence-electron chi connectivity index (χ0n) is 8.37. The van der Waals surface area contributed by atoms with Crippen molar-refractivity contribution < 1.29 is 5.11 Å². The summed E-state index contributed by atoms with van der Waals surface area (Å²) in [5.41, 5.74) is 0.928. The molecule has 14 heavy (non-hydrogen) atoms. The van der Waals surface area contributed by atoms with E-state index in [4.69, 9.17) is 0 Å². The van der Waals surface area contributed by atoms with E-state index in [2.05, 4.69) is 15.9 Å². The van der Waals surface area contributed by atoms with Gasteiger partial charge in [0, 0.05) is 18.6 Å². The number of aromatic hydroxyl groups is 1. The van der Waals surface area contributed by atoms with Gasteiger partial charge in [0.25, 0.3) is 0 Å². The first-order chi connectivity index (χ1) is 6.59. The van der Waals surface area contributed by atoms with E-state index in [-0.39, 0.29) is 0 Å². The van der Waals surface area contributed by atoms with Crippen molar-refractivity contribution in [1.82, 2.24) is 4.90 Å². The number of hydrogen-bond acceptors (Lipinski definition) is 2. The number of halogens is 1. The molecule has 0 bridgehead atoms. The molecule has 0 spiro atoms. The first-order valence-electron chi connectivity index (χ1n) is 4.40. The van der Waals surface area contributed by atoms with Gasteiger partial charge in [0.2, 0.25) is 0 Å². The van der Waals surface area contributed by atoms with Gasteiger partial charge < -0.3 is 10.0 Å². The largest absolute Gasteiger partial charge is 0.508 e. The molecule has 0 aromatic heterocycles. The van der Waals surface area contributed by atoms with Crippen molar-refractivity contribution in [3.8, 4) is 5.75 Å². The number of rotatable bonds is 3. The predicted molar refractivity (Wildman–Crippen MR) is 62.3 cm³/mol. The van der Waals surface area contributed by atoms with Crippen LogP contribution in [0.25, 0.3) is 0 Å². The Balaban J connectivity index is 2.71. The van der Waals surface area contributed by atoms with E-state index in [1.165, 1.54) is 0 Å². The van der Waals surface area contributed by atoms with Crippen LogP contribution in [0, 0.1) is 0 Å². The molecule has 0 unspecified atom stereocenters. The van der Waals surface area contributed by atoms with E-state index >= 15 is 0 Å². The maximum Gasteiger partial charge on any atom is 0.119 e. The van der Waals surface area contributed by atoms with Gasteiger partial charge in [0.15, 0.2) is 0 Å². The highest BCUT2D eigenvalue weighted by Gasteiger charge is 1.99. The molecule has 0 fully saturated rings. The van der Waals surface area contributed by atoms with Crippen LogP contribution in [0.4, 0.5) is 0 Å². The van der Waals surface area contributed by atoms with Gasteiger partial charge in [-0.1, -0.05) is 22.0 Å². The van der Waals surface area contributed by atoms with Crippen LogP contribution in [-0.2, 0) is 6.42 Å². The number of allylic oxidation sites excluding steroid dienone is 1. The van der Waals surface area contributed by atoms with Crippen LogP contribution < -0.4 is 0 Å². The van der Waals surface area contributed by atoms with E-state index < -0.39 is 0 Å². The Morgan fingerprint density at radius 3 is 2.79 bits per heavy atom. The predicted octanol–water partition coefficient (Wildman–Crippen LogP) is 2.77. The molecule has 0 radical (unpaired) electrons. The Kier molecular flexibility index (Phi) is 4.01. The van der Waals surface area contributed by atoms with Crippen LogP contribution >= 0.6 is 15.9 Å². The van der Waals surface area contributed by atoms with Crippen LogP contribution in [0.1, 0.15) is 5.56 Å². The number of benzene rings is 1. The average molecular weight is 256 g/mol. The Morgan fingerprint density at radius 2 is 2.14 bits per heavy atom. The Labute approximate surface area is 93.0 Å². The minimum atomic E-state index is 0.344. The molecule has 0 aliphatic heterocycles. The number of hydrogen-bond donors (Lipinski definition) is 1. The van der Waals surface area contributed by atoms with Crippen molar-refractivity contribution in [2.75, 3.05) is 14.1 Å². The second kappa shape index (κ2) is 5.05. The molecule has 3 heteroatoms. The summed E-state index contributed by atoms with van der Waals surface area (Å²) in [6, 6.07) is 5.45. The van der Waals surface area contributed by atoms with Crippen molar-refractivity contribution in [2.24, 2.45) is 0 Å².